The van der Waals surface area contributed by atoms with Gasteiger partial charge in [0, 0.05) is 18.7 Å². The number of methoxy groups -OCH3 is 1. The van der Waals surface area contributed by atoms with Crippen LogP contribution in [-0.4, -0.2) is 55.2 Å². The normalized spacial score (nSPS) is 11.4. The van der Waals surface area contributed by atoms with Crippen molar-refractivity contribution in [2.75, 3.05) is 39.2 Å². The Morgan fingerprint density at radius 2 is 1.91 bits per heavy atom. The van der Waals surface area contributed by atoms with Crippen LogP contribution in [0.25, 0.3) is 21.5 Å². The number of fused-ring (bicyclic) bond motifs is 1. The first-order valence-electron chi connectivity index (χ1n) is 10.4. The lowest BCUT2D eigenvalue weighted by atomic mass is 10.1. The minimum Gasteiger partial charge on any atom is -0.494 e. The van der Waals surface area contributed by atoms with E-state index in [-0.39, 0.29) is 5.91 Å². The van der Waals surface area contributed by atoms with Crippen molar-refractivity contribution in [3.63, 3.8) is 0 Å². The van der Waals surface area contributed by atoms with Crippen molar-refractivity contribution in [3.05, 3.63) is 58.3 Å². The van der Waals surface area contributed by atoms with Crippen LogP contribution in [0, 0.1) is 13.8 Å². The van der Waals surface area contributed by atoms with Gasteiger partial charge in [0.2, 0.25) is 0 Å². The van der Waals surface area contributed by atoms with E-state index < -0.39 is 0 Å². The van der Waals surface area contributed by atoms with Crippen LogP contribution in [0.15, 0.2) is 40.9 Å². The molecule has 1 amide bonds. The molecule has 2 heterocycles. The Hall–Kier alpha value is -2.94. The van der Waals surface area contributed by atoms with Gasteiger partial charge in [-0.25, -0.2) is 4.98 Å². The highest BCUT2D eigenvalue weighted by Gasteiger charge is 2.30. The van der Waals surface area contributed by atoms with Gasteiger partial charge in [0.05, 0.1) is 16.8 Å². The summed E-state index contributed by atoms with van der Waals surface area (Å²) in [6.45, 7) is 4.86. The van der Waals surface area contributed by atoms with Gasteiger partial charge in [0.1, 0.15) is 28.3 Å². The number of nitrogens with zero attached hydrogens (tertiary/aromatic N) is 4. The molecule has 0 aliphatic rings. The van der Waals surface area contributed by atoms with Gasteiger partial charge in [0.15, 0.2) is 5.13 Å². The van der Waals surface area contributed by atoms with Crippen molar-refractivity contribution in [2.24, 2.45) is 0 Å². The summed E-state index contributed by atoms with van der Waals surface area (Å²) in [5.74, 6) is 0.872. The number of aryl methyl sites for hydroxylation is 2. The molecule has 0 saturated heterocycles. The predicted octanol–water partition coefficient (Wildman–Crippen LogP) is 5.44. The minimum absolute atomic E-state index is 0.235. The standard InChI is InChI=1S/C24H25ClN4O3S/c1-14-10-11-18(31-5)21-22(14)33-24(26-21)29(13-12-28(3)4)23(30)19-15(2)32-27-20(19)16-8-6-7-9-17(16)25/h6-11H,12-13H2,1-5H3. The molecule has 0 spiro atoms. The number of rotatable bonds is 7. The number of amides is 1. The monoisotopic (exact) mass is 484 g/mol. The first-order chi connectivity index (χ1) is 15.8. The summed E-state index contributed by atoms with van der Waals surface area (Å²) < 4.78 is 11.9. The van der Waals surface area contributed by atoms with Crippen LogP contribution in [0.2, 0.25) is 5.02 Å². The lowest BCUT2D eigenvalue weighted by molar-refractivity contribution is 0.0984. The van der Waals surface area contributed by atoms with Crippen LogP contribution < -0.4 is 9.64 Å². The average molecular weight is 485 g/mol. The van der Waals surface area contributed by atoms with Crippen LogP contribution in [-0.2, 0) is 0 Å². The second-order valence-corrected chi connectivity index (χ2v) is 9.35. The van der Waals surface area contributed by atoms with Crippen molar-refractivity contribution in [1.29, 1.82) is 0 Å². The highest BCUT2D eigenvalue weighted by molar-refractivity contribution is 7.22. The molecule has 0 aliphatic heterocycles. The number of carbonyl (C=O) groups is 1. The van der Waals surface area contributed by atoms with E-state index in [2.05, 4.69) is 5.16 Å². The third kappa shape index (κ3) is 4.46. The van der Waals surface area contributed by atoms with Crippen LogP contribution in [0.3, 0.4) is 0 Å². The summed E-state index contributed by atoms with van der Waals surface area (Å²) in [5.41, 5.74) is 3.27. The van der Waals surface area contributed by atoms with Gasteiger partial charge in [-0.15, -0.1) is 0 Å². The molecule has 0 aliphatic carbocycles. The van der Waals surface area contributed by atoms with Crippen LogP contribution >= 0.6 is 22.9 Å². The number of halogens is 1. The summed E-state index contributed by atoms with van der Waals surface area (Å²) in [4.78, 5) is 22.5. The van der Waals surface area contributed by atoms with Crippen molar-refractivity contribution in [3.8, 4) is 17.0 Å². The van der Waals surface area contributed by atoms with Crippen molar-refractivity contribution < 1.29 is 14.1 Å². The number of ether oxygens (including phenoxy) is 1. The molecule has 4 rings (SSSR count). The largest absolute Gasteiger partial charge is 0.494 e. The Morgan fingerprint density at radius 1 is 1.15 bits per heavy atom. The van der Waals surface area contributed by atoms with Gasteiger partial charge >= 0.3 is 0 Å². The van der Waals surface area contributed by atoms with Crippen molar-refractivity contribution >= 4 is 44.2 Å². The second-order valence-electron chi connectivity index (χ2n) is 7.96. The number of thiazole rings is 1. The number of likely N-dealkylation sites (N-methyl/N-ethyl adjacent to an activating group) is 1. The molecule has 0 fully saturated rings. The number of anilines is 1. The fourth-order valence-corrected chi connectivity index (χ4v) is 4.86. The molecule has 2 aromatic heterocycles. The molecular formula is C24H25ClN4O3S. The van der Waals surface area contributed by atoms with Crippen LogP contribution in [0.5, 0.6) is 5.75 Å². The Labute approximate surface area is 201 Å². The van der Waals surface area contributed by atoms with E-state index in [1.165, 1.54) is 11.3 Å². The molecule has 0 bridgehead atoms. The number of benzene rings is 2. The Balaban J connectivity index is 1.84. The molecule has 0 unspecified atom stereocenters. The number of aromatic nitrogens is 2. The Morgan fingerprint density at radius 3 is 2.61 bits per heavy atom. The predicted molar refractivity (Wildman–Crippen MR) is 133 cm³/mol. The quantitative estimate of drug-likeness (QED) is 0.348. The number of hydrogen-bond acceptors (Lipinski definition) is 7. The zero-order valence-electron chi connectivity index (χ0n) is 19.2. The van der Waals surface area contributed by atoms with E-state index in [4.69, 9.17) is 25.8 Å². The van der Waals surface area contributed by atoms with Crippen molar-refractivity contribution in [1.82, 2.24) is 15.0 Å². The summed E-state index contributed by atoms with van der Waals surface area (Å²) >= 11 is 7.88. The Kier molecular flexibility index (Phi) is 6.69. The topological polar surface area (TPSA) is 71.7 Å². The van der Waals surface area contributed by atoms with E-state index in [1.54, 1.807) is 25.0 Å². The maximum absolute atomic E-state index is 14.0. The number of carbonyl (C=O) groups excluding carboxylic acids is 1. The molecule has 2 aromatic carbocycles. The van der Waals surface area contributed by atoms with Crippen LogP contribution in [0.4, 0.5) is 5.13 Å². The molecule has 172 valence electrons. The molecule has 7 nitrogen and oxygen atoms in total. The number of hydrogen-bond donors (Lipinski definition) is 0. The third-order valence-corrected chi connectivity index (χ3v) is 6.91. The zero-order valence-corrected chi connectivity index (χ0v) is 20.8. The van der Waals surface area contributed by atoms with Gasteiger partial charge in [0.25, 0.3) is 5.91 Å². The lowest BCUT2D eigenvalue weighted by Gasteiger charge is -2.22. The summed E-state index contributed by atoms with van der Waals surface area (Å²) in [6, 6.07) is 11.2. The average Bonchev–Trinajstić information content (AvgIpc) is 3.39. The van der Waals surface area contributed by atoms with E-state index in [0.29, 0.717) is 51.6 Å². The molecule has 9 heteroatoms. The van der Waals surface area contributed by atoms with Gasteiger partial charge in [-0.3, -0.25) is 9.69 Å². The third-order valence-electron chi connectivity index (χ3n) is 5.36. The fraction of sp³-hybridized carbons (Fsp3) is 0.292. The Bertz CT molecular complexity index is 1310. The lowest BCUT2D eigenvalue weighted by Crippen LogP contribution is -2.37. The second kappa shape index (κ2) is 9.51. The SMILES string of the molecule is COc1ccc(C)c2sc(N(CCN(C)C)C(=O)c3c(-c4ccccc4Cl)noc3C)nc12. The van der Waals surface area contributed by atoms with Gasteiger partial charge in [-0.2, -0.15) is 0 Å². The van der Waals surface area contributed by atoms with Gasteiger partial charge in [-0.1, -0.05) is 52.4 Å². The molecule has 0 radical (unpaired) electrons. The van der Waals surface area contributed by atoms with E-state index in [0.717, 1.165) is 15.8 Å². The maximum Gasteiger partial charge on any atom is 0.266 e. The smallest absolute Gasteiger partial charge is 0.266 e. The molecule has 4 aromatic rings. The van der Waals surface area contributed by atoms with E-state index in [9.17, 15) is 4.79 Å². The van der Waals surface area contributed by atoms with E-state index in [1.807, 2.05) is 56.3 Å². The fourth-order valence-electron chi connectivity index (χ4n) is 3.56. The summed E-state index contributed by atoms with van der Waals surface area (Å²) in [7, 11) is 5.55. The van der Waals surface area contributed by atoms with Gasteiger partial charge < -0.3 is 14.2 Å². The highest BCUT2D eigenvalue weighted by Crippen LogP contribution is 2.38. The molecule has 33 heavy (non-hydrogen) atoms. The maximum atomic E-state index is 14.0. The molecule has 0 saturated carbocycles. The highest BCUT2D eigenvalue weighted by atomic mass is 35.5. The van der Waals surface area contributed by atoms with Gasteiger partial charge in [-0.05, 0) is 45.6 Å². The summed E-state index contributed by atoms with van der Waals surface area (Å²) in [6.07, 6.45) is 0. The molecule has 0 N–H and O–H groups in total. The van der Waals surface area contributed by atoms with E-state index >= 15 is 0 Å². The van der Waals surface area contributed by atoms with Crippen molar-refractivity contribution in [2.45, 2.75) is 13.8 Å². The first-order valence-corrected chi connectivity index (χ1v) is 11.6. The first kappa shape index (κ1) is 23.2. The zero-order chi connectivity index (χ0) is 23.7. The molecular weight excluding hydrogens is 460 g/mol. The molecule has 0 atom stereocenters. The summed E-state index contributed by atoms with van der Waals surface area (Å²) in [5, 5.41) is 5.26. The minimum atomic E-state index is -0.235. The van der Waals surface area contributed by atoms with Crippen LogP contribution in [0.1, 0.15) is 21.7 Å².